The van der Waals surface area contributed by atoms with E-state index >= 15 is 0 Å². The second kappa shape index (κ2) is 6.15. The molecule has 0 aliphatic carbocycles. The summed E-state index contributed by atoms with van der Waals surface area (Å²) in [6.45, 7) is 0. The van der Waals surface area contributed by atoms with Gasteiger partial charge in [-0.15, -0.1) is 5.10 Å². The van der Waals surface area contributed by atoms with Crippen LogP contribution in [0.4, 0.5) is 5.69 Å². The van der Waals surface area contributed by atoms with Gasteiger partial charge in [-0.2, -0.15) is 5.26 Å². The minimum atomic E-state index is -3.87. The zero-order valence-electron chi connectivity index (χ0n) is 13.6. The van der Waals surface area contributed by atoms with Gasteiger partial charge in [0.15, 0.2) is 0 Å². The van der Waals surface area contributed by atoms with Crippen molar-refractivity contribution < 1.29 is 12.8 Å². The lowest BCUT2D eigenvalue weighted by Crippen LogP contribution is -2.13. The van der Waals surface area contributed by atoms with Gasteiger partial charge < -0.3 is 9.40 Å². The number of rotatable bonds is 4. The first kappa shape index (κ1) is 16.6. The molecule has 0 amide bonds. The molecule has 0 fully saturated rings. The van der Waals surface area contributed by atoms with Crippen LogP contribution in [0.3, 0.4) is 0 Å². The highest BCUT2D eigenvalue weighted by Crippen LogP contribution is 2.27. The summed E-state index contributed by atoms with van der Waals surface area (Å²) in [6, 6.07) is 12.8. The third kappa shape index (κ3) is 2.96. The number of aromatic nitrogens is 3. The van der Waals surface area contributed by atoms with E-state index in [0.29, 0.717) is 27.7 Å². The molecule has 0 unspecified atom stereocenters. The number of nitriles is 1. The fourth-order valence-electron chi connectivity index (χ4n) is 2.67. The first-order valence-electron chi connectivity index (χ1n) is 7.67. The number of nitrogens with zero attached hydrogens (tertiary/aromatic N) is 2. The minimum Gasteiger partial charge on any atom is -0.388 e. The van der Waals surface area contributed by atoms with Crippen LogP contribution in [-0.2, 0) is 10.0 Å². The van der Waals surface area contributed by atoms with Crippen LogP contribution in [0.25, 0.3) is 22.4 Å². The number of para-hydroxylation sites is 1. The molecule has 0 aliphatic rings. The zero-order valence-corrected chi connectivity index (χ0v) is 14.4. The van der Waals surface area contributed by atoms with Crippen molar-refractivity contribution in [2.45, 2.75) is 4.90 Å². The Balaban J connectivity index is 1.67. The van der Waals surface area contributed by atoms with Crippen molar-refractivity contribution in [2.75, 3.05) is 4.72 Å². The molecule has 4 rings (SSSR count). The van der Waals surface area contributed by atoms with E-state index in [0.717, 1.165) is 0 Å². The van der Waals surface area contributed by atoms with Gasteiger partial charge in [0.05, 0.1) is 21.7 Å². The lowest BCUT2D eigenvalue weighted by molar-refractivity contribution is 0.527. The second-order valence-corrected chi connectivity index (χ2v) is 7.27. The smallest absolute Gasteiger partial charge is 0.388 e. The van der Waals surface area contributed by atoms with Gasteiger partial charge in [-0.1, -0.05) is 12.1 Å². The molecule has 0 saturated carbocycles. The molecular weight excluding hydrogens is 370 g/mol. The molecule has 2 aromatic heterocycles. The summed E-state index contributed by atoms with van der Waals surface area (Å²) in [5.74, 6) is -0.628. The summed E-state index contributed by atoms with van der Waals surface area (Å²) in [6.07, 6.45) is 1.52. The lowest BCUT2D eigenvalue weighted by Gasteiger charge is -2.09. The zero-order chi connectivity index (χ0) is 19.0. The molecule has 0 saturated heterocycles. The van der Waals surface area contributed by atoms with Gasteiger partial charge in [0.1, 0.15) is 6.07 Å². The van der Waals surface area contributed by atoms with E-state index in [4.69, 9.17) is 9.68 Å². The van der Waals surface area contributed by atoms with Gasteiger partial charge in [0.2, 0.25) is 5.89 Å². The fourth-order valence-corrected chi connectivity index (χ4v) is 3.74. The number of hydrogen-bond donors (Lipinski definition) is 3. The molecule has 134 valence electrons. The fraction of sp³-hybridized carbons (Fsp3) is 0. The Labute approximate surface area is 152 Å². The highest BCUT2D eigenvalue weighted by atomic mass is 32.2. The van der Waals surface area contributed by atoms with Crippen LogP contribution in [0.15, 0.2) is 62.8 Å². The van der Waals surface area contributed by atoms with Crippen LogP contribution in [0.5, 0.6) is 0 Å². The quantitative estimate of drug-likeness (QED) is 0.494. The van der Waals surface area contributed by atoms with Gasteiger partial charge in [0.25, 0.3) is 10.0 Å². The summed E-state index contributed by atoms with van der Waals surface area (Å²) in [4.78, 5) is 13.9. The van der Waals surface area contributed by atoms with Crippen LogP contribution in [0.2, 0.25) is 0 Å². The third-order valence-corrected chi connectivity index (χ3v) is 5.31. The molecule has 3 N–H and O–H groups in total. The van der Waals surface area contributed by atoms with E-state index in [1.165, 1.54) is 30.5 Å². The lowest BCUT2D eigenvalue weighted by atomic mass is 10.2. The van der Waals surface area contributed by atoms with Gasteiger partial charge in [-0.05, 0) is 30.3 Å². The Kier molecular flexibility index (Phi) is 3.79. The number of fused-ring (bicyclic) bond motifs is 1. The van der Waals surface area contributed by atoms with Crippen molar-refractivity contribution in [3.05, 3.63) is 64.8 Å². The monoisotopic (exact) mass is 381 g/mol. The predicted octanol–water partition coefficient (Wildman–Crippen LogP) is 2.18. The standard InChI is InChI=1S/C17H11N5O4S/c18-8-11-9-19-15-13(11)2-1-3-14(15)22-27(24,25)12-6-4-10(5-7-12)16-20-21-17(23)26-16/h1-7,9,19,22H,(H,21,23). The molecule has 2 aromatic carbocycles. The molecule has 9 nitrogen and oxygen atoms in total. The summed E-state index contributed by atoms with van der Waals surface area (Å²) in [5.41, 5.74) is 1.73. The van der Waals surface area contributed by atoms with E-state index in [1.54, 1.807) is 18.2 Å². The average molecular weight is 381 g/mol. The maximum atomic E-state index is 12.7. The minimum absolute atomic E-state index is 0.0215. The maximum Gasteiger partial charge on any atom is 0.434 e. The topological polar surface area (TPSA) is 145 Å². The van der Waals surface area contributed by atoms with Crippen molar-refractivity contribution in [1.82, 2.24) is 15.2 Å². The predicted molar refractivity (Wildman–Crippen MR) is 96.4 cm³/mol. The maximum absolute atomic E-state index is 12.7. The van der Waals surface area contributed by atoms with Crippen LogP contribution in [0.1, 0.15) is 5.56 Å². The van der Waals surface area contributed by atoms with Crippen LogP contribution in [-0.4, -0.2) is 23.6 Å². The van der Waals surface area contributed by atoms with Crippen molar-refractivity contribution in [1.29, 1.82) is 5.26 Å². The number of nitrogens with one attached hydrogen (secondary N) is 3. The summed E-state index contributed by atoms with van der Waals surface area (Å²) >= 11 is 0. The molecule has 0 radical (unpaired) electrons. The van der Waals surface area contributed by atoms with Gasteiger partial charge in [-0.25, -0.2) is 18.3 Å². The largest absolute Gasteiger partial charge is 0.434 e. The van der Waals surface area contributed by atoms with Gasteiger partial charge in [-0.3, -0.25) is 4.72 Å². The molecule has 0 spiro atoms. The Bertz CT molecular complexity index is 1340. The highest BCUT2D eigenvalue weighted by Gasteiger charge is 2.17. The molecule has 0 aliphatic heterocycles. The van der Waals surface area contributed by atoms with E-state index in [-0.39, 0.29) is 10.8 Å². The molecule has 0 bridgehead atoms. The van der Waals surface area contributed by atoms with E-state index in [9.17, 15) is 13.2 Å². The van der Waals surface area contributed by atoms with E-state index in [1.807, 2.05) is 6.07 Å². The number of hydrogen-bond acceptors (Lipinski definition) is 6. The number of anilines is 1. The molecule has 27 heavy (non-hydrogen) atoms. The number of benzene rings is 2. The van der Waals surface area contributed by atoms with Crippen LogP contribution < -0.4 is 10.5 Å². The van der Waals surface area contributed by atoms with Crippen molar-refractivity contribution in [2.24, 2.45) is 0 Å². The molecule has 2 heterocycles. The SMILES string of the molecule is N#Cc1c[nH]c2c(NS(=O)(=O)c3ccc(-c4n[nH]c(=O)o4)cc3)cccc12. The van der Waals surface area contributed by atoms with Gasteiger partial charge >= 0.3 is 5.76 Å². The Morgan fingerprint density at radius 1 is 1.15 bits per heavy atom. The van der Waals surface area contributed by atoms with Gasteiger partial charge in [0, 0.05) is 17.1 Å². The third-order valence-electron chi connectivity index (χ3n) is 3.93. The molecule has 10 heteroatoms. The Morgan fingerprint density at radius 2 is 1.93 bits per heavy atom. The van der Waals surface area contributed by atoms with E-state index < -0.39 is 15.8 Å². The number of H-pyrrole nitrogens is 2. The number of sulfonamides is 1. The summed E-state index contributed by atoms with van der Waals surface area (Å²) in [5, 5.41) is 15.6. The summed E-state index contributed by atoms with van der Waals surface area (Å²) < 4.78 is 32.7. The molecule has 0 atom stereocenters. The van der Waals surface area contributed by atoms with Crippen molar-refractivity contribution in [3.63, 3.8) is 0 Å². The van der Waals surface area contributed by atoms with E-state index in [2.05, 4.69) is 19.9 Å². The second-order valence-electron chi connectivity index (χ2n) is 5.59. The van der Waals surface area contributed by atoms with Crippen molar-refractivity contribution in [3.8, 4) is 17.5 Å². The van der Waals surface area contributed by atoms with Crippen LogP contribution >= 0.6 is 0 Å². The first-order valence-corrected chi connectivity index (χ1v) is 9.15. The first-order chi connectivity index (χ1) is 13.0. The van der Waals surface area contributed by atoms with Crippen LogP contribution in [0, 0.1) is 11.3 Å². The summed E-state index contributed by atoms with van der Waals surface area (Å²) in [7, 11) is -3.87. The average Bonchev–Trinajstić information content (AvgIpc) is 3.28. The Morgan fingerprint density at radius 3 is 2.59 bits per heavy atom. The number of aromatic amines is 2. The molecule has 4 aromatic rings. The molecular formula is C17H11N5O4S. The van der Waals surface area contributed by atoms with Crippen molar-refractivity contribution >= 4 is 26.6 Å². The normalized spacial score (nSPS) is 11.4. The Hall–Kier alpha value is -3.84. The highest BCUT2D eigenvalue weighted by molar-refractivity contribution is 7.92.